The van der Waals surface area contributed by atoms with Crippen molar-refractivity contribution in [1.82, 2.24) is 9.97 Å². The van der Waals surface area contributed by atoms with Crippen LogP contribution in [0.1, 0.15) is 0 Å². The molecular weight excluding hydrogens is 402 g/mol. The smallest absolute Gasteiger partial charge is 0.150 e. The van der Waals surface area contributed by atoms with Gasteiger partial charge >= 0.3 is 0 Å². The molecule has 0 radical (unpaired) electrons. The maximum Gasteiger partial charge on any atom is 0.150 e. The van der Waals surface area contributed by atoms with Gasteiger partial charge in [0.25, 0.3) is 0 Å². The highest BCUT2D eigenvalue weighted by molar-refractivity contribution is 14.1. The minimum absolute atomic E-state index is 0.284. The van der Waals surface area contributed by atoms with Crippen molar-refractivity contribution in [1.29, 1.82) is 0 Å². The predicted octanol–water partition coefficient (Wildman–Crippen LogP) is 3.31. The third-order valence-corrected chi connectivity index (χ3v) is 3.90. The monoisotopic (exact) mass is 408 g/mol. The Kier molecular flexibility index (Phi) is 3.77. The maximum atomic E-state index is 13.3. The zero-order valence-electron chi connectivity index (χ0n) is 8.42. The Morgan fingerprint density at radius 1 is 1.35 bits per heavy atom. The van der Waals surface area contributed by atoms with Crippen molar-refractivity contribution in [3.8, 4) is 0 Å². The number of aromatic nitrogens is 2. The van der Waals surface area contributed by atoms with Crippen molar-refractivity contribution in [2.75, 3.05) is 11.1 Å². The van der Waals surface area contributed by atoms with Crippen molar-refractivity contribution in [3.63, 3.8) is 0 Å². The lowest BCUT2D eigenvalue weighted by Gasteiger charge is -2.10. The highest BCUT2D eigenvalue weighted by Crippen LogP contribution is 2.29. The van der Waals surface area contributed by atoms with Gasteiger partial charge in [0.15, 0.2) is 0 Å². The summed E-state index contributed by atoms with van der Waals surface area (Å²) in [5.41, 5.74) is 6.26. The number of benzene rings is 1. The first-order valence-corrected chi connectivity index (χ1v) is 6.43. The van der Waals surface area contributed by atoms with Crippen LogP contribution in [-0.2, 0) is 0 Å². The van der Waals surface area contributed by atoms with E-state index in [1.807, 2.05) is 22.6 Å². The molecule has 4 nitrogen and oxygen atoms in total. The highest BCUT2D eigenvalue weighted by Gasteiger charge is 2.09. The molecule has 0 saturated heterocycles. The third kappa shape index (κ3) is 2.65. The largest absolute Gasteiger partial charge is 0.383 e. The molecule has 17 heavy (non-hydrogen) atoms. The molecule has 0 aliphatic rings. The molecule has 0 aliphatic carbocycles. The normalized spacial score (nSPS) is 10.3. The molecule has 7 heteroatoms. The van der Waals surface area contributed by atoms with E-state index >= 15 is 0 Å². The number of nitrogens with zero attached hydrogens (tertiary/aromatic N) is 2. The Morgan fingerprint density at radius 3 is 2.88 bits per heavy atom. The van der Waals surface area contributed by atoms with Crippen LogP contribution in [0, 0.1) is 9.39 Å². The van der Waals surface area contributed by atoms with Crippen LogP contribution in [0.25, 0.3) is 0 Å². The average molecular weight is 409 g/mol. The summed E-state index contributed by atoms with van der Waals surface area (Å²) in [5.74, 6) is 0.545. The highest BCUT2D eigenvalue weighted by atomic mass is 127. The molecule has 1 heterocycles. The Hall–Kier alpha value is -0.960. The van der Waals surface area contributed by atoms with E-state index in [4.69, 9.17) is 5.73 Å². The van der Waals surface area contributed by atoms with Crippen molar-refractivity contribution < 1.29 is 4.39 Å². The van der Waals surface area contributed by atoms with Crippen molar-refractivity contribution in [2.24, 2.45) is 0 Å². The summed E-state index contributed by atoms with van der Waals surface area (Å²) in [7, 11) is 0. The lowest BCUT2D eigenvalue weighted by Crippen LogP contribution is -2.01. The Balaban J connectivity index is 2.38. The van der Waals surface area contributed by atoms with Gasteiger partial charge in [0, 0.05) is 0 Å². The Morgan fingerprint density at radius 2 is 2.12 bits per heavy atom. The second-order valence-electron chi connectivity index (χ2n) is 3.15. The molecular formula is C10H7BrFIN4. The van der Waals surface area contributed by atoms with Crippen LogP contribution < -0.4 is 11.1 Å². The van der Waals surface area contributed by atoms with Crippen LogP contribution in [-0.4, -0.2) is 9.97 Å². The zero-order valence-corrected chi connectivity index (χ0v) is 12.2. The van der Waals surface area contributed by atoms with Gasteiger partial charge in [-0.15, -0.1) is 0 Å². The minimum Gasteiger partial charge on any atom is -0.383 e. The van der Waals surface area contributed by atoms with Gasteiger partial charge in [-0.2, -0.15) is 0 Å². The Bertz CT molecular complexity index is 514. The molecule has 1 aromatic carbocycles. The van der Waals surface area contributed by atoms with Crippen molar-refractivity contribution in [3.05, 3.63) is 38.4 Å². The molecule has 88 valence electrons. The van der Waals surface area contributed by atoms with E-state index in [2.05, 4.69) is 31.2 Å². The van der Waals surface area contributed by atoms with Crippen LogP contribution in [0.2, 0.25) is 0 Å². The standard InChI is InChI=1S/C10H7BrFIN4/c11-7-9(14)15-4-16-10(7)17-6-3-1-2-5(12)8(6)13/h1-4H,(H3,14,15,16,17). The number of anilines is 3. The average Bonchev–Trinajstić information content (AvgIpc) is 2.31. The fourth-order valence-electron chi connectivity index (χ4n) is 1.20. The van der Waals surface area contributed by atoms with Gasteiger partial charge in [0.2, 0.25) is 0 Å². The SMILES string of the molecule is Nc1ncnc(Nc2cccc(F)c2I)c1Br. The maximum absolute atomic E-state index is 13.3. The number of nitrogen functional groups attached to an aromatic ring is 1. The summed E-state index contributed by atoms with van der Waals surface area (Å²) in [6, 6.07) is 4.78. The number of hydrogen-bond donors (Lipinski definition) is 2. The van der Waals surface area contributed by atoms with Gasteiger partial charge in [0.1, 0.15) is 28.3 Å². The molecule has 0 saturated carbocycles. The van der Waals surface area contributed by atoms with E-state index in [9.17, 15) is 4.39 Å². The molecule has 0 spiro atoms. The fourth-order valence-corrected chi connectivity index (χ4v) is 2.00. The Labute approximate surface area is 119 Å². The first-order valence-electron chi connectivity index (χ1n) is 4.56. The lowest BCUT2D eigenvalue weighted by molar-refractivity contribution is 0.621. The summed E-state index contributed by atoms with van der Waals surface area (Å²) >= 11 is 5.20. The van der Waals surface area contributed by atoms with Crippen LogP contribution in [0.15, 0.2) is 29.0 Å². The van der Waals surface area contributed by atoms with E-state index in [0.29, 0.717) is 25.4 Å². The fraction of sp³-hybridized carbons (Fsp3) is 0. The molecule has 0 unspecified atom stereocenters. The second kappa shape index (κ2) is 5.13. The van der Waals surface area contributed by atoms with E-state index in [1.165, 1.54) is 12.4 Å². The van der Waals surface area contributed by atoms with Crippen molar-refractivity contribution in [2.45, 2.75) is 0 Å². The number of nitrogens with one attached hydrogen (secondary N) is 1. The van der Waals surface area contributed by atoms with Crippen LogP contribution >= 0.6 is 38.5 Å². The van der Waals surface area contributed by atoms with Gasteiger partial charge in [-0.05, 0) is 50.7 Å². The molecule has 0 fully saturated rings. The third-order valence-electron chi connectivity index (χ3n) is 2.02. The topological polar surface area (TPSA) is 63.8 Å². The molecule has 0 bridgehead atoms. The van der Waals surface area contributed by atoms with Gasteiger partial charge in [-0.25, -0.2) is 14.4 Å². The molecule has 3 N–H and O–H groups in total. The minimum atomic E-state index is -0.284. The van der Waals surface area contributed by atoms with E-state index in [1.54, 1.807) is 12.1 Å². The first kappa shape index (κ1) is 12.5. The van der Waals surface area contributed by atoms with E-state index in [-0.39, 0.29) is 5.82 Å². The first-order chi connectivity index (χ1) is 8.09. The van der Waals surface area contributed by atoms with Crippen LogP contribution in [0.5, 0.6) is 0 Å². The number of nitrogens with two attached hydrogens (primary N) is 1. The van der Waals surface area contributed by atoms with Crippen molar-refractivity contribution >= 4 is 55.8 Å². The zero-order chi connectivity index (χ0) is 12.4. The summed E-state index contributed by atoms with van der Waals surface area (Å²) in [5, 5.41) is 3.00. The second-order valence-corrected chi connectivity index (χ2v) is 5.02. The summed E-state index contributed by atoms with van der Waals surface area (Å²) in [6.45, 7) is 0. The molecule has 2 aromatic rings. The molecule has 0 atom stereocenters. The van der Waals surface area contributed by atoms with Gasteiger partial charge in [-0.3, -0.25) is 0 Å². The summed E-state index contributed by atoms with van der Waals surface area (Å²) < 4.78 is 14.4. The molecule has 0 amide bonds. The van der Waals surface area contributed by atoms with Crippen LogP contribution in [0.3, 0.4) is 0 Å². The quantitative estimate of drug-likeness (QED) is 0.748. The van der Waals surface area contributed by atoms with Gasteiger partial charge in [-0.1, -0.05) is 6.07 Å². The van der Waals surface area contributed by atoms with E-state index < -0.39 is 0 Å². The molecule has 0 aliphatic heterocycles. The van der Waals surface area contributed by atoms with Gasteiger partial charge < -0.3 is 11.1 Å². The number of rotatable bonds is 2. The predicted molar refractivity (Wildman–Crippen MR) is 76.5 cm³/mol. The number of hydrogen-bond acceptors (Lipinski definition) is 4. The summed E-state index contributed by atoms with van der Waals surface area (Å²) in [6.07, 6.45) is 1.34. The van der Waals surface area contributed by atoms with E-state index in [0.717, 1.165) is 0 Å². The van der Waals surface area contributed by atoms with Gasteiger partial charge in [0.05, 0.1) is 9.26 Å². The molecule has 1 aromatic heterocycles. The molecule has 2 rings (SSSR count). The lowest BCUT2D eigenvalue weighted by atomic mass is 10.3. The van der Waals surface area contributed by atoms with Crippen LogP contribution in [0.4, 0.5) is 21.7 Å². The summed E-state index contributed by atoms with van der Waals surface area (Å²) in [4.78, 5) is 7.86. The number of halogens is 3.